The zero-order valence-electron chi connectivity index (χ0n) is 16.9. The monoisotopic (exact) mass is 460 g/mol. The number of alkyl halides is 1. The molecule has 0 saturated carbocycles. The summed E-state index contributed by atoms with van der Waals surface area (Å²) in [6, 6.07) is 16.4. The van der Waals surface area contributed by atoms with Crippen LogP contribution in [0.15, 0.2) is 89.8 Å². The average molecular weight is 460 g/mol. The van der Waals surface area contributed by atoms with Crippen LogP contribution in [-0.2, 0) is 19.4 Å². The van der Waals surface area contributed by atoms with Gasteiger partial charge in [0.1, 0.15) is 11.6 Å². The molecular formula is C24H19F3O4S. The predicted molar refractivity (Wildman–Crippen MR) is 114 cm³/mol. The highest BCUT2D eigenvalue weighted by Crippen LogP contribution is 2.42. The molecule has 0 saturated heterocycles. The number of halogens is 3. The molecule has 0 fully saturated rings. The van der Waals surface area contributed by atoms with Crippen LogP contribution >= 0.6 is 0 Å². The summed E-state index contributed by atoms with van der Waals surface area (Å²) in [4.78, 5) is 12.2. The number of ether oxygens (including phenoxy) is 1. The minimum atomic E-state index is -4.97. The number of hydrogen-bond acceptors (Lipinski definition) is 4. The number of benzene rings is 3. The normalized spacial score (nSPS) is 14.6. The third-order valence-corrected chi connectivity index (χ3v) is 6.94. The Hall–Kier alpha value is -3.39. The Morgan fingerprint density at radius 2 is 1.56 bits per heavy atom. The van der Waals surface area contributed by atoms with E-state index in [1.807, 2.05) is 0 Å². The molecule has 3 rings (SSSR count). The number of carbonyl (C=O) groups is 1. The van der Waals surface area contributed by atoms with Crippen LogP contribution in [0.5, 0.6) is 0 Å². The Kier molecular flexibility index (Phi) is 6.84. The lowest BCUT2D eigenvalue weighted by molar-refractivity contribution is -0.149. The maximum Gasteiger partial charge on any atom is 0.361 e. The van der Waals surface area contributed by atoms with E-state index in [9.17, 15) is 22.0 Å². The van der Waals surface area contributed by atoms with Gasteiger partial charge in [-0.3, -0.25) is 0 Å². The lowest BCUT2D eigenvalue weighted by Gasteiger charge is -2.29. The smallest absolute Gasteiger partial charge is 0.361 e. The highest BCUT2D eigenvalue weighted by molar-refractivity contribution is 7.93. The Balaban J connectivity index is 2.26. The maximum absolute atomic E-state index is 16.6. The summed E-state index contributed by atoms with van der Waals surface area (Å²) in [5, 5.41) is -3.64. The third kappa shape index (κ3) is 4.45. The van der Waals surface area contributed by atoms with E-state index >= 15 is 4.39 Å². The zero-order chi connectivity index (χ0) is 23.4. The van der Waals surface area contributed by atoms with Crippen molar-refractivity contribution in [1.29, 1.82) is 0 Å². The maximum atomic E-state index is 16.6. The summed E-state index contributed by atoms with van der Waals surface area (Å²) in [6.45, 7) is 0. The van der Waals surface area contributed by atoms with Crippen molar-refractivity contribution in [3.8, 4) is 0 Å². The lowest BCUT2D eigenvalue weighted by Crippen LogP contribution is -2.47. The number of allylic oxidation sites excluding steroid dienone is 1. The molecule has 0 spiro atoms. The second-order valence-electron chi connectivity index (χ2n) is 6.90. The first kappa shape index (κ1) is 23.3. The van der Waals surface area contributed by atoms with Crippen LogP contribution in [0.2, 0.25) is 0 Å². The van der Waals surface area contributed by atoms with Gasteiger partial charge in [0.05, 0.1) is 17.9 Å². The number of hydrogen-bond donors (Lipinski definition) is 0. The first-order chi connectivity index (χ1) is 15.2. The van der Waals surface area contributed by atoms with Gasteiger partial charge in [-0.15, -0.1) is 0 Å². The lowest BCUT2D eigenvalue weighted by atomic mass is 9.92. The molecule has 2 atom stereocenters. The Morgan fingerprint density at radius 1 is 0.938 bits per heavy atom. The van der Waals surface area contributed by atoms with Gasteiger partial charge in [0.25, 0.3) is 0 Å². The van der Waals surface area contributed by atoms with Crippen molar-refractivity contribution in [2.75, 3.05) is 7.11 Å². The first-order valence-corrected chi connectivity index (χ1v) is 10.9. The molecule has 0 heterocycles. The van der Waals surface area contributed by atoms with Crippen LogP contribution in [0.1, 0.15) is 17.0 Å². The molecule has 0 aliphatic rings. The fraction of sp³-hybridized carbons (Fsp3) is 0.125. The van der Waals surface area contributed by atoms with Gasteiger partial charge in [0.15, 0.2) is 0 Å². The Labute approximate surface area is 183 Å². The molecule has 0 amide bonds. The van der Waals surface area contributed by atoms with Gasteiger partial charge < -0.3 is 4.74 Å². The first-order valence-electron chi connectivity index (χ1n) is 9.46. The van der Waals surface area contributed by atoms with Gasteiger partial charge in [-0.05, 0) is 47.5 Å². The Bertz CT molecular complexity index is 1240. The van der Waals surface area contributed by atoms with E-state index in [2.05, 4.69) is 4.74 Å². The van der Waals surface area contributed by atoms with Gasteiger partial charge in [-0.2, -0.15) is 0 Å². The van der Waals surface area contributed by atoms with Gasteiger partial charge in [-0.1, -0.05) is 54.6 Å². The van der Waals surface area contributed by atoms with Crippen LogP contribution in [0, 0.1) is 11.6 Å². The minimum absolute atomic E-state index is 0.120. The van der Waals surface area contributed by atoms with E-state index in [0.29, 0.717) is 0 Å². The molecule has 0 radical (unpaired) electrons. The van der Waals surface area contributed by atoms with Crippen molar-refractivity contribution >= 4 is 21.9 Å². The molecular weight excluding hydrogens is 441 g/mol. The van der Waals surface area contributed by atoms with Crippen molar-refractivity contribution < 1.29 is 31.1 Å². The van der Waals surface area contributed by atoms with Crippen LogP contribution in [0.3, 0.4) is 0 Å². The van der Waals surface area contributed by atoms with E-state index < -0.39 is 43.3 Å². The zero-order valence-corrected chi connectivity index (χ0v) is 17.7. The van der Waals surface area contributed by atoms with Crippen LogP contribution in [0.4, 0.5) is 13.2 Å². The molecule has 166 valence electrons. The van der Waals surface area contributed by atoms with Crippen LogP contribution in [0.25, 0.3) is 6.08 Å². The second kappa shape index (κ2) is 9.40. The molecule has 0 N–H and O–H groups in total. The summed E-state index contributed by atoms with van der Waals surface area (Å²) in [5.74, 6) is -4.79. The molecule has 3 aromatic rings. The topological polar surface area (TPSA) is 60.4 Å². The SMILES string of the molecule is COC(=O)[C@](F)([C@H](C=Cc1cccc(F)c1)c1cccc(F)c1)S(=O)(=O)c1ccccc1. The quantitative estimate of drug-likeness (QED) is 0.462. The highest BCUT2D eigenvalue weighted by atomic mass is 32.2. The number of sulfone groups is 1. The van der Waals surface area contributed by atoms with Crippen molar-refractivity contribution in [3.63, 3.8) is 0 Å². The summed E-state index contributed by atoms with van der Waals surface area (Å²) in [5.41, 5.74) is 0.167. The van der Waals surface area contributed by atoms with Gasteiger partial charge in [-0.25, -0.2) is 26.4 Å². The molecule has 32 heavy (non-hydrogen) atoms. The molecule has 0 aromatic heterocycles. The molecule has 8 heteroatoms. The number of carbonyl (C=O) groups excluding carboxylic acids is 1. The standard InChI is InChI=1S/C24H19F3O4S/c1-31-23(28)24(27,32(29,30)21-11-3-2-4-12-21)22(18-8-6-10-20(26)16-18)14-13-17-7-5-9-19(25)15-17/h2-16,22H,1H3/t22-,24+/m1/s1. The van der Waals surface area contributed by atoms with E-state index in [4.69, 9.17) is 0 Å². The van der Waals surface area contributed by atoms with Gasteiger partial charge in [0, 0.05) is 0 Å². The fourth-order valence-electron chi connectivity index (χ4n) is 3.28. The molecule has 3 aromatic carbocycles. The molecule has 0 unspecified atom stereocenters. The molecule has 0 aliphatic heterocycles. The summed E-state index contributed by atoms with van der Waals surface area (Å²) in [7, 11) is -4.12. The van der Waals surface area contributed by atoms with Crippen LogP contribution in [-0.4, -0.2) is 26.5 Å². The van der Waals surface area contributed by atoms with Gasteiger partial charge >= 0.3 is 11.0 Å². The van der Waals surface area contributed by atoms with Crippen molar-refractivity contribution in [2.45, 2.75) is 15.8 Å². The summed E-state index contributed by atoms with van der Waals surface area (Å²) < 4.78 is 75.4. The fourth-order valence-corrected chi connectivity index (χ4v) is 4.99. The molecule has 0 aliphatic carbocycles. The number of methoxy groups -OCH3 is 1. The molecule has 0 bridgehead atoms. The summed E-state index contributed by atoms with van der Waals surface area (Å²) >= 11 is 0. The van der Waals surface area contributed by atoms with Crippen molar-refractivity contribution in [2.24, 2.45) is 0 Å². The van der Waals surface area contributed by atoms with E-state index in [1.165, 1.54) is 54.6 Å². The Morgan fingerprint density at radius 3 is 2.16 bits per heavy atom. The third-order valence-electron chi connectivity index (χ3n) is 4.85. The van der Waals surface area contributed by atoms with E-state index in [-0.39, 0.29) is 11.1 Å². The predicted octanol–water partition coefficient (Wildman–Crippen LogP) is 5.07. The van der Waals surface area contributed by atoms with E-state index in [1.54, 1.807) is 0 Å². The molecule has 4 nitrogen and oxygen atoms in total. The largest absolute Gasteiger partial charge is 0.466 e. The highest BCUT2D eigenvalue weighted by Gasteiger charge is 2.59. The van der Waals surface area contributed by atoms with Crippen LogP contribution < -0.4 is 0 Å². The summed E-state index contributed by atoms with van der Waals surface area (Å²) in [6.07, 6.45) is 2.34. The van der Waals surface area contributed by atoms with Crippen molar-refractivity contribution in [1.82, 2.24) is 0 Å². The van der Waals surface area contributed by atoms with E-state index in [0.717, 1.165) is 43.5 Å². The average Bonchev–Trinajstić information content (AvgIpc) is 2.79. The minimum Gasteiger partial charge on any atom is -0.466 e. The second-order valence-corrected chi connectivity index (χ2v) is 8.97. The van der Waals surface area contributed by atoms with Crippen molar-refractivity contribution in [3.05, 3.63) is 108 Å². The number of rotatable bonds is 7. The van der Waals surface area contributed by atoms with Gasteiger partial charge in [0.2, 0.25) is 9.84 Å². The number of esters is 1.